The zero-order valence-electron chi connectivity index (χ0n) is 11.0. The third-order valence-electron chi connectivity index (χ3n) is 3.52. The number of piperidine rings is 1. The number of hydrogen-bond acceptors (Lipinski definition) is 5. The summed E-state index contributed by atoms with van der Waals surface area (Å²) in [4.78, 5) is 6.05. The standard InChI is InChI=1S/C12H20N4O2S/c1-16-8-3-2-5-10(16)9-15-19(17,18)11-6-4-7-14-12(11)13/h4,6-7,10,15H,2-3,5,8-9H2,1H3,(H2,13,14). The van der Waals surface area contributed by atoms with E-state index in [-0.39, 0.29) is 16.8 Å². The number of rotatable bonds is 4. The Labute approximate surface area is 114 Å². The minimum absolute atomic E-state index is 0.0343. The number of anilines is 1. The van der Waals surface area contributed by atoms with Crippen molar-refractivity contribution in [1.29, 1.82) is 0 Å². The molecule has 0 saturated carbocycles. The number of likely N-dealkylation sites (N-methyl/N-ethyl adjacent to an activating group) is 1. The maximum Gasteiger partial charge on any atom is 0.244 e. The van der Waals surface area contributed by atoms with Crippen LogP contribution in [0.3, 0.4) is 0 Å². The summed E-state index contributed by atoms with van der Waals surface area (Å²) < 4.78 is 26.9. The highest BCUT2D eigenvalue weighted by Crippen LogP contribution is 2.17. The third-order valence-corrected chi connectivity index (χ3v) is 4.99. The molecule has 1 atom stereocenters. The largest absolute Gasteiger partial charge is 0.383 e. The quantitative estimate of drug-likeness (QED) is 0.837. The second-order valence-electron chi connectivity index (χ2n) is 4.87. The Kier molecular flexibility index (Phi) is 4.38. The van der Waals surface area contributed by atoms with Crippen molar-refractivity contribution >= 4 is 15.8 Å². The van der Waals surface area contributed by atoms with Crippen molar-refractivity contribution in [2.75, 3.05) is 25.9 Å². The van der Waals surface area contributed by atoms with Gasteiger partial charge in [0, 0.05) is 18.8 Å². The smallest absolute Gasteiger partial charge is 0.244 e. The highest BCUT2D eigenvalue weighted by Gasteiger charge is 2.23. The van der Waals surface area contributed by atoms with E-state index in [4.69, 9.17) is 5.73 Å². The van der Waals surface area contributed by atoms with E-state index in [9.17, 15) is 8.42 Å². The average Bonchev–Trinajstić information content (AvgIpc) is 2.38. The van der Waals surface area contributed by atoms with E-state index in [1.165, 1.54) is 18.7 Å². The summed E-state index contributed by atoms with van der Waals surface area (Å²) in [5.41, 5.74) is 5.60. The second kappa shape index (κ2) is 5.85. The van der Waals surface area contributed by atoms with E-state index in [2.05, 4.69) is 14.6 Å². The molecule has 1 aromatic rings. The van der Waals surface area contributed by atoms with Gasteiger partial charge in [-0.3, -0.25) is 0 Å². The second-order valence-corrected chi connectivity index (χ2v) is 6.60. The molecule has 2 rings (SSSR count). The summed E-state index contributed by atoms with van der Waals surface area (Å²) >= 11 is 0. The van der Waals surface area contributed by atoms with Crippen molar-refractivity contribution in [1.82, 2.24) is 14.6 Å². The summed E-state index contributed by atoms with van der Waals surface area (Å²) in [7, 11) is -1.55. The van der Waals surface area contributed by atoms with Crippen LogP contribution in [0.25, 0.3) is 0 Å². The van der Waals surface area contributed by atoms with E-state index in [0.717, 1.165) is 19.4 Å². The minimum atomic E-state index is -3.58. The number of nitrogens with zero attached hydrogens (tertiary/aromatic N) is 2. The van der Waals surface area contributed by atoms with Crippen molar-refractivity contribution in [3.05, 3.63) is 18.3 Å². The molecular formula is C12H20N4O2S. The van der Waals surface area contributed by atoms with Gasteiger partial charge in [-0.2, -0.15) is 0 Å². The fraction of sp³-hybridized carbons (Fsp3) is 0.583. The van der Waals surface area contributed by atoms with Crippen molar-refractivity contribution in [2.45, 2.75) is 30.2 Å². The Bertz CT molecular complexity index is 532. The molecule has 1 fully saturated rings. The van der Waals surface area contributed by atoms with Crippen molar-refractivity contribution < 1.29 is 8.42 Å². The molecule has 1 aromatic heterocycles. The fourth-order valence-electron chi connectivity index (χ4n) is 2.32. The lowest BCUT2D eigenvalue weighted by atomic mass is 10.0. The predicted molar refractivity (Wildman–Crippen MR) is 74.1 cm³/mol. The Morgan fingerprint density at radius 3 is 3.00 bits per heavy atom. The number of nitrogens with two attached hydrogens (primary N) is 1. The molecule has 1 aliphatic rings. The Balaban J connectivity index is 2.04. The van der Waals surface area contributed by atoms with E-state index in [1.54, 1.807) is 6.07 Å². The Morgan fingerprint density at radius 2 is 2.32 bits per heavy atom. The van der Waals surface area contributed by atoms with Gasteiger partial charge in [0.15, 0.2) is 0 Å². The molecule has 0 aromatic carbocycles. The first-order valence-corrected chi connectivity index (χ1v) is 7.89. The summed E-state index contributed by atoms with van der Waals surface area (Å²) in [5, 5.41) is 0. The lowest BCUT2D eigenvalue weighted by Crippen LogP contribution is -2.44. The molecule has 0 spiro atoms. The first kappa shape index (κ1) is 14.2. The minimum Gasteiger partial charge on any atom is -0.383 e. The van der Waals surface area contributed by atoms with Crippen molar-refractivity contribution in [3.63, 3.8) is 0 Å². The lowest BCUT2D eigenvalue weighted by Gasteiger charge is -2.32. The molecule has 6 nitrogen and oxygen atoms in total. The highest BCUT2D eigenvalue weighted by molar-refractivity contribution is 7.89. The number of nitrogen functional groups attached to an aromatic ring is 1. The van der Waals surface area contributed by atoms with Crippen LogP contribution in [-0.2, 0) is 10.0 Å². The molecule has 0 radical (unpaired) electrons. The zero-order valence-corrected chi connectivity index (χ0v) is 11.9. The number of sulfonamides is 1. The molecule has 7 heteroatoms. The predicted octanol–water partition coefficient (Wildman–Crippen LogP) is 0.426. The maximum absolute atomic E-state index is 12.2. The molecule has 1 unspecified atom stereocenters. The average molecular weight is 284 g/mol. The maximum atomic E-state index is 12.2. The van der Waals surface area contributed by atoms with E-state index >= 15 is 0 Å². The van der Waals surface area contributed by atoms with Crippen LogP contribution in [0.4, 0.5) is 5.82 Å². The molecule has 1 aliphatic heterocycles. The molecule has 1 saturated heterocycles. The van der Waals surface area contributed by atoms with Crippen LogP contribution in [0, 0.1) is 0 Å². The fourth-order valence-corrected chi connectivity index (χ4v) is 3.47. The zero-order chi connectivity index (χ0) is 13.9. The van der Waals surface area contributed by atoms with Gasteiger partial charge in [0.25, 0.3) is 0 Å². The first-order chi connectivity index (χ1) is 9.00. The molecule has 0 aliphatic carbocycles. The van der Waals surface area contributed by atoms with Gasteiger partial charge in [0.2, 0.25) is 10.0 Å². The Morgan fingerprint density at radius 1 is 1.53 bits per heavy atom. The molecule has 0 bridgehead atoms. The topological polar surface area (TPSA) is 88.3 Å². The van der Waals surface area contributed by atoms with Gasteiger partial charge in [0.05, 0.1) is 0 Å². The van der Waals surface area contributed by atoms with Crippen LogP contribution in [0.1, 0.15) is 19.3 Å². The summed E-state index contributed by atoms with van der Waals surface area (Å²) in [6.07, 6.45) is 4.81. The van der Waals surface area contributed by atoms with Gasteiger partial charge in [-0.25, -0.2) is 18.1 Å². The first-order valence-electron chi connectivity index (χ1n) is 6.41. The van der Waals surface area contributed by atoms with E-state index in [1.807, 2.05) is 7.05 Å². The van der Waals surface area contributed by atoms with Crippen LogP contribution in [0.15, 0.2) is 23.2 Å². The van der Waals surface area contributed by atoms with Gasteiger partial charge >= 0.3 is 0 Å². The van der Waals surface area contributed by atoms with Crippen LogP contribution >= 0.6 is 0 Å². The number of nitrogens with one attached hydrogen (secondary N) is 1. The van der Waals surface area contributed by atoms with Crippen LogP contribution in [0.5, 0.6) is 0 Å². The molecule has 106 valence electrons. The molecule has 2 heterocycles. The SMILES string of the molecule is CN1CCCCC1CNS(=O)(=O)c1cccnc1N. The summed E-state index contributed by atoms with van der Waals surface area (Å²) in [6.45, 7) is 1.43. The highest BCUT2D eigenvalue weighted by atomic mass is 32.2. The molecular weight excluding hydrogens is 264 g/mol. The molecule has 0 amide bonds. The Hall–Kier alpha value is -1.18. The van der Waals surface area contributed by atoms with Gasteiger partial charge < -0.3 is 10.6 Å². The van der Waals surface area contributed by atoms with Crippen molar-refractivity contribution in [2.24, 2.45) is 0 Å². The van der Waals surface area contributed by atoms with E-state index < -0.39 is 10.0 Å². The van der Waals surface area contributed by atoms with Crippen LogP contribution < -0.4 is 10.5 Å². The monoisotopic (exact) mass is 284 g/mol. The lowest BCUT2D eigenvalue weighted by molar-refractivity contribution is 0.187. The number of hydrogen-bond donors (Lipinski definition) is 2. The van der Waals surface area contributed by atoms with Crippen molar-refractivity contribution in [3.8, 4) is 0 Å². The summed E-state index contributed by atoms with van der Waals surface area (Å²) in [5.74, 6) is 0.0343. The number of pyridine rings is 1. The molecule has 19 heavy (non-hydrogen) atoms. The van der Waals surface area contributed by atoms with Gasteiger partial charge in [-0.15, -0.1) is 0 Å². The normalized spacial score (nSPS) is 21.4. The number of aromatic nitrogens is 1. The third kappa shape index (κ3) is 3.43. The van der Waals surface area contributed by atoms with Crippen LogP contribution in [-0.4, -0.2) is 44.5 Å². The molecule has 3 N–H and O–H groups in total. The van der Waals surface area contributed by atoms with Gasteiger partial charge in [-0.1, -0.05) is 6.42 Å². The van der Waals surface area contributed by atoms with Gasteiger partial charge in [-0.05, 0) is 38.6 Å². The van der Waals surface area contributed by atoms with Crippen LogP contribution in [0.2, 0.25) is 0 Å². The summed E-state index contributed by atoms with van der Waals surface area (Å²) in [6, 6.07) is 3.29. The number of likely N-dealkylation sites (tertiary alicyclic amines) is 1. The van der Waals surface area contributed by atoms with Gasteiger partial charge in [0.1, 0.15) is 10.7 Å². The van der Waals surface area contributed by atoms with E-state index in [0.29, 0.717) is 6.54 Å².